The number of phenols is 1. The maximum atomic E-state index is 12.4. The normalized spacial score (nSPS) is 13.0. The molecule has 1 aromatic carbocycles. The SMILES string of the molecule is CCCC(=O)NC(CC)(CC)c1cc(C(C)(C)C)c(O)c(C(C)(C)C)c1. The van der Waals surface area contributed by atoms with Crippen LogP contribution < -0.4 is 5.32 Å². The summed E-state index contributed by atoms with van der Waals surface area (Å²) in [6, 6.07) is 4.20. The molecule has 0 saturated heterocycles. The van der Waals surface area contributed by atoms with E-state index in [-0.39, 0.29) is 16.7 Å². The zero-order chi connectivity index (χ0) is 20.3. The average Bonchev–Trinajstić information content (AvgIpc) is 2.51. The maximum absolute atomic E-state index is 12.4. The number of hydrogen-bond acceptors (Lipinski definition) is 2. The third kappa shape index (κ3) is 4.81. The van der Waals surface area contributed by atoms with Gasteiger partial charge in [-0.3, -0.25) is 4.79 Å². The first kappa shape index (κ1) is 22.5. The lowest BCUT2D eigenvalue weighted by atomic mass is 9.74. The number of carbonyl (C=O) groups is 1. The largest absolute Gasteiger partial charge is 0.507 e. The Bertz CT molecular complexity index is 594. The summed E-state index contributed by atoms with van der Waals surface area (Å²) in [5.41, 5.74) is 2.22. The predicted molar refractivity (Wildman–Crippen MR) is 111 cm³/mol. The lowest BCUT2D eigenvalue weighted by molar-refractivity contribution is -0.123. The molecule has 0 aliphatic carbocycles. The van der Waals surface area contributed by atoms with Crippen molar-refractivity contribution in [1.29, 1.82) is 0 Å². The second-order valence-corrected chi connectivity index (χ2v) is 9.51. The van der Waals surface area contributed by atoms with Gasteiger partial charge in [-0.2, -0.15) is 0 Å². The van der Waals surface area contributed by atoms with Crippen molar-refractivity contribution in [2.75, 3.05) is 0 Å². The molecule has 0 unspecified atom stereocenters. The Balaban J connectivity index is 3.69. The number of phenolic OH excluding ortho intramolecular Hbond substituents is 1. The van der Waals surface area contributed by atoms with Gasteiger partial charge in [0.15, 0.2) is 0 Å². The molecule has 0 fully saturated rings. The Hall–Kier alpha value is -1.51. The Morgan fingerprint density at radius 1 is 0.923 bits per heavy atom. The Morgan fingerprint density at radius 3 is 1.65 bits per heavy atom. The zero-order valence-electron chi connectivity index (χ0n) is 18.3. The molecule has 0 aliphatic heterocycles. The van der Waals surface area contributed by atoms with Crippen LogP contribution in [-0.4, -0.2) is 11.0 Å². The first-order valence-electron chi connectivity index (χ1n) is 10.0. The van der Waals surface area contributed by atoms with Gasteiger partial charge >= 0.3 is 0 Å². The molecule has 3 heteroatoms. The lowest BCUT2D eigenvalue weighted by Crippen LogP contribution is -2.45. The van der Waals surface area contributed by atoms with Crippen molar-refractivity contribution in [2.24, 2.45) is 0 Å². The van der Waals surface area contributed by atoms with E-state index in [1.165, 1.54) is 0 Å². The molecule has 0 aliphatic rings. The molecule has 3 nitrogen and oxygen atoms in total. The van der Waals surface area contributed by atoms with Crippen LogP contribution in [-0.2, 0) is 21.2 Å². The van der Waals surface area contributed by atoms with Crippen LogP contribution in [0, 0.1) is 0 Å². The topological polar surface area (TPSA) is 49.3 Å². The van der Waals surface area contributed by atoms with Crippen LogP contribution in [0.4, 0.5) is 0 Å². The molecular weight excluding hydrogens is 322 g/mol. The smallest absolute Gasteiger partial charge is 0.220 e. The van der Waals surface area contributed by atoms with Crippen LogP contribution in [0.1, 0.15) is 105 Å². The van der Waals surface area contributed by atoms with Gasteiger partial charge in [0.05, 0.1) is 5.54 Å². The van der Waals surface area contributed by atoms with Gasteiger partial charge in [-0.1, -0.05) is 62.3 Å². The molecule has 1 aromatic rings. The summed E-state index contributed by atoms with van der Waals surface area (Å²) >= 11 is 0. The summed E-state index contributed by atoms with van der Waals surface area (Å²) in [4.78, 5) is 12.4. The molecular formula is C23H39NO2. The number of aromatic hydroxyl groups is 1. The molecule has 26 heavy (non-hydrogen) atoms. The number of nitrogens with one attached hydrogen (secondary N) is 1. The molecule has 1 amide bonds. The number of amides is 1. The molecule has 2 N–H and O–H groups in total. The monoisotopic (exact) mass is 361 g/mol. The van der Waals surface area contributed by atoms with Gasteiger partial charge in [0, 0.05) is 6.42 Å². The molecule has 1 rings (SSSR count). The van der Waals surface area contributed by atoms with Crippen LogP contribution in [0.25, 0.3) is 0 Å². The van der Waals surface area contributed by atoms with Crippen molar-refractivity contribution >= 4 is 5.91 Å². The van der Waals surface area contributed by atoms with Gasteiger partial charge < -0.3 is 10.4 Å². The molecule has 148 valence electrons. The summed E-state index contributed by atoms with van der Waals surface area (Å²) in [7, 11) is 0. The van der Waals surface area contributed by atoms with E-state index in [0.717, 1.165) is 36.0 Å². The number of rotatable bonds is 6. The van der Waals surface area contributed by atoms with Gasteiger partial charge in [-0.15, -0.1) is 0 Å². The lowest BCUT2D eigenvalue weighted by Gasteiger charge is -2.37. The van der Waals surface area contributed by atoms with Gasteiger partial charge in [0.25, 0.3) is 0 Å². The zero-order valence-corrected chi connectivity index (χ0v) is 18.3. The highest BCUT2D eigenvalue weighted by molar-refractivity contribution is 5.77. The minimum absolute atomic E-state index is 0.0962. The summed E-state index contributed by atoms with van der Waals surface area (Å²) in [6.45, 7) is 19.0. The Labute approximate surface area is 160 Å². The van der Waals surface area contributed by atoms with E-state index in [9.17, 15) is 9.90 Å². The van der Waals surface area contributed by atoms with Crippen LogP contribution >= 0.6 is 0 Å². The first-order valence-corrected chi connectivity index (χ1v) is 10.0. The molecule has 0 heterocycles. The third-order valence-corrected chi connectivity index (χ3v) is 5.34. The van der Waals surface area contributed by atoms with Crippen molar-refractivity contribution in [3.8, 4) is 5.75 Å². The highest BCUT2D eigenvalue weighted by Gasteiger charge is 2.34. The van der Waals surface area contributed by atoms with E-state index >= 15 is 0 Å². The fourth-order valence-corrected chi connectivity index (χ4v) is 3.52. The Kier molecular flexibility index (Phi) is 6.95. The third-order valence-electron chi connectivity index (χ3n) is 5.34. The molecule has 0 spiro atoms. The summed E-state index contributed by atoms with van der Waals surface area (Å²) in [5.74, 6) is 0.480. The van der Waals surface area contributed by atoms with Crippen LogP contribution in [0.2, 0.25) is 0 Å². The van der Waals surface area contributed by atoms with E-state index in [1.807, 2.05) is 6.92 Å². The summed E-state index contributed by atoms with van der Waals surface area (Å²) in [5, 5.41) is 14.3. The van der Waals surface area contributed by atoms with Crippen LogP contribution in [0.3, 0.4) is 0 Å². The van der Waals surface area contributed by atoms with Crippen LogP contribution in [0.15, 0.2) is 12.1 Å². The van der Waals surface area contributed by atoms with Crippen molar-refractivity contribution in [2.45, 2.75) is 104 Å². The summed E-state index contributed by atoms with van der Waals surface area (Å²) in [6.07, 6.45) is 3.01. The second-order valence-electron chi connectivity index (χ2n) is 9.51. The fraction of sp³-hybridized carbons (Fsp3) is 0.696. The fourth-order valence-electron chi connectivity index (χ4n) is 3.52. The number of benzene rings is 1. The van der Waals surface area contributed by atoms with E-state index in [1.54, 1.807) is 0 Å². The standard InChI is InChI=1S/C23H39NO2/c1-10-13-19(25)24-23(11-2,12-3)16-14-17(21(4,5)6)20(26)18(15-16)22(7,8)9/h14-15,26H,10-13H2,1-9H3,(H,24,25). The van der Waals surface area contributed by atoms with Gasteiger partial charge in [0.1, 0.15) is 5.75 Å². The molecule has 0 radical (unpaired) electrons. The number of carbonyl (C=O) groups excluding carboxylic acids is 1. The molecule has 0 bridgehead atoms. The van der Waals surface area contributed by atoms with E-state index in [4.69, 9.17) is 0 Å². The van der Waals surface area contributed by atoms with Gasteiger partial charge in [0.2, 0.25) is 5.91 Å². The van der Waals surface area contributed by atoms with Gasteiger partial charge in [-0.25, -0.2) is 0 Å². The quantitative estimate of drug-likeness (QED) is 0.661. The van der Waals surface area contributed by atoms with Crippen molar-refractivity contribution in [1.82, 2.24) is 5.32 Å². The van der Waals surface area contributed by atoms with E-state index < -0.39 is 5.54 Å². The molecule has 0 atom stereocenters. The van der Waals surface area contributed by atoms with Crippen molar-refractivity contribution < 1.29 is 9.90 Å². The second kappa shape index (κ2) is 8.02. The van der Waals surface area contributed by atoms with Crippen LogP contribution in [0.5, 0.6) is 5.75 Å². The van der Waals surface area contributed by atoms with Gasteiger partial charge in [-0.05, 0) is 58.9 Å². The molecule has 0 saturated carbocycles. The minimum atomic E-state index is -0.403. The maximum Gasteiger partial charge on any atom is 0.220 e. The minimum Gasteiger partial charge on any atom is -0.507 e. The average molecular weight is 362 g/mol. The predicted octanol–water partition coefficient (Wildman–Crippen LogP) is 5.92. The molecule has 0 aromatic heterocycles. The highest BCUT2D eigenvalue weighted by Crippen LogP contribution is 2.43. The first-order chi connectivity index (χ1) is 11.8. The van der Waals surface area contributed by atoms with Crippen molar-refractivity contribution in [3.63, 3.8) is 0 Å². The van der Waals surface area contributed by atoms with E-state index in [0.29, 0.717) is 12.2 Å². The summed E-state index contributed by atoms with van der Waals surface area (Å²) < 4.78 is 0. The van der Waals surface area contributed by atoms with E-state index in [2.05, 4.69) is 72.8 Å². The van der Waals surface area contributed by atoms with Crippen molar-refractivity contribution in [3.05, 3.63) is 28.8 Å². The highest BCUT2D eigenvalue weighted by atomic mass is 16.3. The number of hydrogen-bond donors (Lipinski definition) is 2. The Morgan fingerprint density at radius 2 is 1.35 bits per heavy atom.